The van der Waals surface area contributed by atoms with E-state index in [1.807, 2.05) is 36.1 Å². The molecular weight excluding hydrogens is 244 g/mol. The monoisotopic (exact) mass is 260 g/mol. The number of hydrogen-bond donors (Lipinski definition) is 0. The van der Waals surface area contributed by atoms with Gasteiger partial charge in [0.1, 0.15) is 11.4 Å². The number of aryl methyl sites for hydroxylation is 1. The Morgan fingerprint density at radius 3 is 2.79 bits per heavy atom. The minimum atomic E-state index is -0.128. The van der Waals surface area contributed by atoms with Crippen LogP contribution < -0.4 is 0 Å². The van der Waals surface area contributed by atoms with Crippen molar-refractivity contribution in [2.45, 2.75) is 12.8 Å². The first-order valence-electron chi connectivity index (χ1n) is 6.37. The fourth-order valence-corrected chi connectivity index (χ4v) is 2.26. The minimum Gasteiger partial charge on any atom is -0.308 e. The quantitative estimate of drug-likeness (QED) is 0.819. The standard InChI is InChI=1S/C13H16N4O2/c1-15-12(16-6-2-3-7-16)11(10-14-15)13(18)17-8-4-5-9-19-17/h2-3,6-7,10H,4-5,8-9H2,1H3. The number of nitrogens with zero attached hydrogens (tertiary/aromatic N) is 4. The zero-order valence-electron chi connectivity index (χ0n) is 10.8. The summed E-state index contributed by atoms with van der Waals surface area (Å²) in [5, 5.41) is 5.62. The van der Waals surface area contributed by atoms with Crippen LogP contribution in [-0.4, -0.2) is 38.5 Å². The van der Waals surface area contributed by atoms with E-state index < -0.39 is 0 Å². The Balaban J connectivity index is 1.95. The predicted molar refractivity (Wildman–Crippen MR) is 68.8 cm³/mol. The van der Waals surface area contributed by atoms with Gasteiger partial charge in [0, 0.05) is 26.0 Å². The third kappa shape index (κ3) is 2.15. The molecule has 1 saturated heterocycles. The van der Waals surface area contributed by atoms with E-state index in [0.717, 1.165) is 18.7 Å². The first-order chi connectivity index (χ1) is 9.27. The van der Waals surface area contributed by atoms with Crippen LogP contribution >= 0.6 is 0 Å². The van der Waals surface area contributed by atoms with E-state index in [1.165, 1.54) is 5.06 Å². The van der Waals surface area contributed by atoms with Gasteiger partial charge in [0.2, 0.25) is 0 Å². The maximum atomic E-state index is 12.5. The molecule has 0 spiro atoms. The number of rotatable bonds is 2. The molecule has 0 N–H and O–H groups in total. The molecule has 1 amide bonds. The summed E-state index contributed by atoms with van der Waals surface area (Å²) in [6, 6.07) is 3.83. The lowest BCUT2D eigenvalue weighted by molar-refractivity contribution is -0.144. The number of hydrogen-bond acceptors (Lipinski definition) is 3. The van der Waals surface area contributed by atoms with Crippen molar-refractivity contribution >= 4 is 5.91 Å². The molecule has 100 valence electrons. The van der Waals surface area contributed by atoms with Crippen molar-refractivity contribution in [1.29, 1.82) is 0 Å². The number of amides is 1. The van der Waals surface area contributed by atoms with Crippen LogP contribution in [0.2, 0.25) is 0 Å². The first-order valence-corrected chi connectivity index (χ1v) is 6.37. The number of carbonyl (C=O) groups is 1. The van der Waals surface area contributed by atoms with E-state index >= 15 is 0 Å². The van der Waals surface area contributed by atoms with Gasteiger partial charge < -0.3 is 4.57 Å². The SMILES string of the molecule is Cn1ncc(C(=O)N2CCCCO2)c1-n1cccc1. The van der Waals surface area contributed by atoms with Crippen molar-refractivity contribution in [3.8, 4) is 5.82 Å². The van der Waals surface area contributed by atoms with Crippen LogP contribution in [0.5, 0.6) is 0 Å². The molecule has 1 aliphatic rings. The van der Waals surface area contributed by atoms with Crippen molar-refractivity contribution in [2.24, 2.45) is 7.05 Å². The van der Waals surface area contributed by atoms with Gasteiger partial charge in [-0.2, -0.15) is 5.10 Å². The maximum Gasteiger partial charge on any atom is 0.282 e. The zero-order chi connectivity index (χ0) is 13.2. The minimum absolute atomic E-state index is 0.128. The second-order valence-corrected chi connectivity index (χ2v) is 4.54. The molecule has 0 aromatic carbocycles. The topological polar surface area (TPSA) is 52.3 Å². The summed E-state index contributed by atoms with van der Waals surface area (Å²) in [4.78, 5) is 17.9. The maximum absolute atomic E-state index is 12.5. The molecule has 0 radical (unpaired) electrons. The highest BCUT2D eigenvalue weighted by Crippen LogP contribution is 2.18. The molecule has 0 aliphatic carbocycles. The summed E-state index contributed by atoms with van der Waals surface area (Å²) in [5.41, 5.74) is 0.556. The average Bonchev–Trinajstić information content (AvgIpc) is 3.08. The van der Waals surface area contributed by atoms with Crippen molar-refractivity contribution in [3.05, 3.63) is 36.3 Å². The summed E-state index contributed by atoms with van der Waals surface area (Å²) in [6.07, 6.45) is 7.36. The second-order valence-electron chi connectivity index (χ2n) is 4.54. The lowest BCUT2D eigenvalue weighted by Gasteiger charge is -2.25. The Hall–Kier alpha value is -2.08. The predicted octanol–water partition coefficient (Wildman–Crippen LogP) is 1.38. The highest BCUT2D eigenvalue weighted by Gasteiger charge is 2.25. The molecule has 3 heterocycles. The van der Waals surface area contributed by atoms with Gasteiger partial charge in [-0.15, -0.1) is 0 Å². The van der Waals surface area contributed by atoms with Crippen LogP contribution in [0.4, 0.5) is 0 Å². The molecule has 1 aliphatic heterocycles. The van der Waals surface area contributed by atoms with Crippen molar-refractivity contribution in [2.75, 3.05) is 13.2 Å². The van der Waals surface area contributed by atoms with E-state index in [0.29, 0.717) is 18.7 Å². The molecule has 2 aromatic heterocycles. The third-order valence-electron chi connectivity index (χ3n) is 3.22. The van der Waals surface area contributed by atoms with Crippen molar-refractivity contribution in [1.82, 2.24) is 19.4 Å². The molecule has 0 unspecified atom stereocenters. The van der Waals surface area contributed by atoms with Gasteiger partial charge >= 0.3 is 0 Å². The van der Waals surface area contributed by atoms with E-state index in [4.69, 9.17) is 4.84 Å². The van der Waals surface area contributed by atoms with Crippen LogP contribution in [-0.2, 0) is 11.9 Å². The van der Waals surface area contributed by atoms with E-state index in [1.54, 1.807) is 10.9 Å². The lowest BCUT2D eigenvalue weighted by Crippen LogP contribution is -2.36. The van der Waals surface area contributed by atoms with E-state index in [2.05, 4.69) is 5.10 Å². The van der Waals surface area contributed by atoms with E-state index in [9.17, 15) is 4.79 Å². The lowest BCUT2D eigenvalue weighted by atomic mass is 10.2. The number of aromatic nitrogens is 3. The van der Waals surface area contributed by atoms with Gasteiger partial charge in [-0.25, -0.2) is 5.06 Å². The van der Waals surface area contributed by atoms with Crippen molar-refractivity contribution < 1.29 is 9.63 Å². The molecule has 0 saturated carbocycles. The fourth-order valence-electron chi connectivity index (χ4n) is 2.26. The highest BCUT2D eigenvalue weighted by atomic mass is 16.7. The van der Waals surface area contributed by atoms with Gasteiger partial charge in [-0.05, 0) is 25.0 Å². The average molecular weight is 260 g/mol. The summed E-state index contributed by atoms with van der Waals surface area (Å²) >= 11 is 0. The van der Waals surface area contributed by atoms with Gasteiger partial charge in [-0.3, -0.25) is 14.3 Å². The van der Waals surface area contributed by atoms with Crippen LogP contribution in [0.1, 0.15) is 23.2 Å². The molecule has 0 atom stereocenters. The third-order valence-corrected chi connectivity index (χ3v) is 3.22. The van der Waals surface area contributed by atoms with Gasteiger partial charge in [0.15, 0.2) is 0 Å². The van der Waals surface area contributed by atoms with Gasteiger partial charge in [-0.1, -0.05) is 0 Å². The summed E-state index contributed by atoms with van der Waals surface area (Å²) in [5.74, 6) is 0.626. The summed E-state index contributed by atoms with van der Waals surface area (Å²) < 4.78 is 3.57. The molecule has 6 nitrogen and oxygen atoms in total. The Morgan fingerprint density at radius 2 is 2.11 bits per heavy atom. The Bertz CT molecular complexity index is 567. The van der Waals surface area contributed by atoms with E-state index in [-0.39, 0.29) is 5.91 Å². The highest BCUT2D eigenvalue weighted by molar-refractivity contribution is 5.96. The van der Waals surface area contributed by atoms with Crippen molar-refractivity contribution in [3.63, 3.8) is 0 Å². The number of carbonyl (C=O) groups excluding carboxylic acids is 1. The first kappa shape index (κ1) is 12.0. The fraction of sp³-hybridized carbons (Fsp3) is 0.385. The van der Waals surface area contributed by atoms with Crippen LogP contribution in [0.3, 0.4) is 0 Å². The van der Waals surface area contributed by atoms with Gasteiger partial charge in [0.05, 0.1) is 12.8 Å². The molecule has 6 heteroatoms. The smallest absolute Gasteiger partial charge is 0.282 e. The molecule has 0 bridgehead atoms. The largest absolute Gasteiger partial charge is 0.308 e. The second kappa shape index (κ2) is 4.89. The Morgan fingerprint density at radius 1 is 1.32 bits per heavy atom. The molecular formula is C13H16N4O2. The molecule has 2 aromatic rings. The molecule has 1 fully saturated rings. The summed E-state index contributed by atoms with van der Waals surface area (Å²) in [7, 11) is 1.82. The van der Waals surface area contributed by atoms with Gasteiger partial charge in [0.25, 0.3) is 5.91 Å². The Kier molecular flexibility index (Phi) is 3.08. The van der Waals surface area contributed by atoms with Crippen LogP contribution in [0.25, 0.3) is 5.82 Å². The molecule has 3 rings (SSSR count). The van der Waals surface area contributed by atoms with Crippen LogP contribution in [0, 0.1) is 0 Å². The molecule has 19 heavy (non-hydrogen) atoms. The summed E-state index contributed by atoms with van der Waals surface area (Å²) in [6.45, 7) is 1.24. The zero-order valence-corrected chi connectivity index (χ0v) is 10.8. The number of hydroxylamine groups is 2. The normalized spacial score (nSPS) is 15.7. The van der Waals surface area contributed by atoms with Crippen LogP contribution in [0.15, 0.2) is 30.7 Å². The Labute approximate surface area is 111 Å².